The minimum atomic E-state index is -4.14. The van der Waals surface area contributed by atoms with Crippen LogP contribution in [0.2, 0.25) is 0 Å². The summed E-state index contributed by atoms with van der Waals surface area (Å²) in [6.07, 6.45) is 2.19. The number of halogens is 2. The Bertz CT molecular complexity index is 588. The van der Waals surface area contributed by atoms with Crippen molar-refractivity contribution in [2.45, 2.75) is 18.4 Å². The zero-order valence-corrected chi connectivity index (χ0v) is 12.1. The van der Waals surface area contributed by atoms with E-state index in [9.17, 15) is 17.2 Å². The molecule has 10 heteroatoms. The normalized spacial score (nSPS) is 26.4. The van der Waals surface area contributed by atoms with E-state index in [0.717, 1.165) is 4.31 Å². The van der Waals surface area contributed by atoms with E-state index >= 15 is 0 Å². The van der Waals surface area contributed by atoms with Crippen molar-refractivity contribution in [2.75, 3.05) is 24.4 Å². The van der Waals surface area contributed by atoms with Gasteiger partial charge in [-0.1, -0.05) is 0 Å². The molecular weight excluding hydrogens is 292 g/mol. The molecule has 3 N–H and O–H groups in total. The maximum atomic E-state index is 13.7. The van der Waals surface area contributed by atoms with Crippen LogP contribution in [0.4, 0.5) is 14.5 Å². The first kappa shape index (κ1) is 15.1. The SMILES string of the molecule is Cn1cc(N(C2C[NH+](C)CC(F)(F)C2)S(N)(=O)=O)cn1. The van der Waals surface area contributed by atoms with Crippen LogP contribution in [-0.4, -0.2) is 50.3 Å². The Labute approximate surface area is 116 Å². The predicted molar refractivity (Wildman–Crippen MR) is 68.8 cm³/mol. The van der Waals surface area contributed by atoms with E-state index in [-0.39, 0.29) is 18.8 Å². The van der Waals surface area contributed by atoms with Gasteiger partial charge >= 0.3 is 0 Å². The summed E-state index contributed by atoms with van der Waals surface area (Å²) in [5, 5.41) is 9.05. The van der Waals surface area contributed by atoms with Crippen LogP contribution in [0.15, 0.2) is 12.4 Å². The Morgan fingerprint density at radius 3 is 2.70 bits per heavy atom. The molecule has 114 valence electrons. The van der Waals surface area contributed by atoms with Crippen LogP contribution in [0.1, 0.15) is 6.42 Å². The molecule has 1 fully saturated rings. The lowest BCUT2D eigenvalue weighted by Gasteiger charge is -2.37. The summed E-state index contributed by atoms with van der Waals surface area (Å²) in [5.74, 6) is -2.92. The van der Waals surface area contributed by atoms with Crippen molar-refractivity contribution in [2.24, 2.45) is 12.2 Å². The lowest BCUT2D eigenvalue weighted by atomic mass is 10.0. The van der Waals surface area contributed by atoms with Gasteiger partial charge in [0, 0.05) is 19.7 Å². The van der Waals surface area contributed by atoms with Crippen LogP contribution in [0.3, 0.4) is 0 Å². The number of aryl methyl sites for hydroxylation is 1. The summed E-state index contributed by atoms with van der Waals surface area (Å²) in [6, 6.07) is -0.891. The molecule has 0 amide bonds. The Balaban J connectivity index is 2.37. The van der Waals surface area contributed by atoms with E-state index < -0.39 is 28.6 Å². The molecule has 0 aliphatic carbocycles. The van der Waals surface area contributed by atoms with Crippen LogP contribution in [-0.2, 0) is 17.3 Å². The predicted octanol–water partition coefficient (Wildman–Crippen LogP) is -1.65. The van der Waals surface area contributed by atoms with Crippen LogP contribution in [0.5, 0.6) is 0 Å². The zero-order valence-electron chi connectivity index (χ0n) is 11.3. The second kappa shape index (κ2) is 4.93. The minimum Gasteiger partial charge on any atom is -0.331 e. The van der Waals surface area contributed by atoms with E-state index in [2.05, 4.69) is 5.10 Å². The van der Waals surface area contributed by atoms with Crippen molar-refractivity contribution < 1.29 is 22.1 Å². The first-order valence-electron chi connectivity index (χ1n) is 6.08. The summed E-state index contributed by atoms with van der Waals surface area (Å²) >= 11 is 0. The molecule has 1 saturated heterocycles. The van der Waals surface area contributed by atoms with Crippen LogP contribution in [0, 0.1) is 0 Å². The number of aromatic nitrogens is 2. The minimum absolute atomic E-state index is 0.200. The average Bonchev–Trinajstić information content (AvgIpc) is 2.59. The number of hydrogen-bond donors (Lipinski definition) is 2. The molecule has 2 unspecified atom stereocenters. The molecule has 7 nitrogen and oxygen atoms in total. The molecule has 2 heterocycles. The summed E-state index contributed by atoms with van der Waals surface area (Å²) in [7, 11) is -0.934. The third-order valence-electron chi connectivity index (χ3n) is 3.23. The molecule has 1 aromatic heterocycles. The number of hydrogen-bond acceptors (Lipinski definition) is 3. The lowest BCUT2D eigenvalue weighted by Crippen LogP contribution is -3.13. The highest BCUT2D eigenvalue weighted by molar-refractivity contribution is 7.90. The van der Waals surface area contributed by atoms with Gasteiger partial charge in [-0.3, -0.25) is 4.68 Å². The number of likely N-dealkylation sites (N-methyl/N-ethyl adjacent to an activating group) is 1. The molecule has 0 saturated carbocycles. The number of nitrogens with one attached hydrogen (secondary N) is 1. The Morgan fingerprint density at radius 1 is 1.60 bits per heavy atom. The number of quaternary nitrogens is 1. The van der Waals surface area contributed by atoms with Gasteiger partial charge in [0.15, 0.2) is 0 Å². The largest absolute Gasteiger partial charge is 0.331 e. The fourth-order valence-electron chi connectivity index (χ4n) is 2.66. The number of piperidine rings is 1. The van der Waals surface area contributed by atoms with Gasteiger partial charge in [-0.2, -0.15) is 13.5 Å². The molecule has 1 aliphatic rings. The van der Waals surface area contributed by atoms with Crippen molar-refractivity contribution in [1.29, 1.82) is 0 Å². The number of likely N-dealkylation sites (tertiary alicyclic amines) is 1. The van der Waals surface area contributed by atoms with Gasteiger partial charge in [0.05, 0.1) is 25.5 Å². The van der Waals surface area contributed by atoms with E-state index in [4.69, 9.17) is 5.14 Å². The maximum Gasteiger partial charge on any atom is 0.299 e. The third kappa shape index (κ3) is 3.25. The second-order valence-electron chi connectivity index (χ2n) is 5.26. The standard InChI is InChI=1S/C10H17F2N5O2S/c1-15-5-8(3-10(11,12)7-15)17(20(13,18)19)9-4-14-16(2)6-9/h4,6,8H,3,5,7H2,1-2H3,(H2,13,18,19)/p+1. The molecule has 0 aromatic carbocycles. The van der Waals surface area contributed by atoms with Crippen molar-refractivity contribution in [1.82, 2.24) is 9.78 Å². The molecule has 20 heavy (non-hydrogen) atoms. The number of nitrogens with zero attached hydrogens (tertiary/aromatic N) is 3. The first-order valence-corrected chi connectivity index (χ1v) is 7.59. The van der Waals surface area contributed by atoms with E-state index in [1.54, 1.807) is 14.1 Å². The van der Waals surface area contributed by atoms with Crippen molar-refractivity contribution >= 4 is 15.9 Å². The summed E-state index contributed by atoms with van der Waals surface area (Å²) < 4.78 is 53.1. The number of anilines is 1. The summed E-state index contributed by atoms with van der Waals surface area (Å²) in [4.78, 5) is 0.559. The number of rotatable bonds is 3. The molecule has 2 atom stereocenters. The zero-order chi connectivity index (χ0) is 15.1. The van der Waals surface area contributed by atoms with E-state index in [1.165, 1.54) is 17.1 Å². The third-order valence-corrected chi connectivity index (χ3v) is 4.29. The van der Waals surface area contributed by atoms with Crippen molar-refractivity contribution in [3.63, 3.8) is 0 Å². The fraction of sp³-hybridized carbons (Fsp3) is 0.700. The van der Waals surface area contributed by atoms with E-state index in [1.807, 2.05) is 0 Å². The topological polar surface area (TPSA) is 85.7 Å². The second-order valence-corrected chi connectivity index (χ2v) is 6.69. The van der Waals surface area contributed by atoms with Gasteiger partial charge < -0.3 is 4.90 Å². The molecule has 1 aliphatic heterocycles. The fourth-order valence-corrected chi connectivity index (χ4v) is 3.61. The van der Waals surface area contributed by atoms with Gasteiger partial charge in [0.2, 0.25) is 0 Å². The Kier molecular flexibility index (Phi) is 3.73. The molecule has 2 rings (SSSR count). The van der Waals surface area contributed by atoms with Crippen LogP contribution >= 0.6 is 0 Å². The van der Waals surface area contributed by atoms with Gasteiger partial charge in [0.1, 0.15) is 12.6 Å². The average molecular weight is 310 g/mol. The van der Waals surface area contributed by atoms with Gasteiger partial charge in [-0.25, -0.2) is 18.2 Å². The smallest absolute Gasteiger partial charge is 0.299 e. The summed E-state index contributed by atoms with van der Waals surface area (Å²) in [5.41, 5.74) is 0.200. The van der Waals surface area contributed by atoms with Crippen LogP contribution in [0.25, 0.3) is 0 Å². The molecule has 0 bridgehead atoms. The molecule has 0 spiro atoms. The highest BCUT2D eigenvalue weighted by Gasteiger charge is 2.46. The molecule has 1 aromatic rings. The quantitative estimate of drug-likeness (QED) is 0.702. The van der Waals surface area contributed by atoms with E-state index in [0.29, 0.717) is 4.90 Å². The Morgan fingerprint density at radius 2 is 2.25 bits per heavy atom. The van der Waals surface area contributed by atoms with Gasteiger partial charge in [0.25, 0.3) is 16.1 Å². The van der Waals surface area contributed by atoms with Gasteiger partial charge in [-0.15, -0.1) is 0 Å². The van der Waals surface area contributed by atoms with Crippen molar-refractivity contribution in [3.8, 4) is 0 Å². The molecular formula is C10H18F2N5O2S+. The lowest BCUT2D eigenvalue weighted by molar-refractivity contribution is -0.894. The van der Waals surface area contributed by atoms with Crippen molar-refractivity contribution in [3.05, 3.63) is 12.4 Å². The monoisotopic (exact) mass is 310 g/mol. The van der Waals surface area contributed by atoms with Gasteiger partial charge in [-0.05, 0) is 0 Å². The number of alkyl halides is 2. The Hall–Kier alpha value is -1.26. The van der Waals surface area contributed by atoms with Crippen LogP contribution < -0.4 is 14.3 Å². The highest BCUT2D eigenvalue weighted by Crippen LogP contribution is 2.27. The summed E-state index contributed by atoms with van der Waals surface area (Å²) in [6.45, 7) is -0.0457. The number of nitrogens with two attached hydrogens (primary N) is 1. The highest BCUT2D eigenvalue weighted by atomic mass is 32.2. The maximum absolute atomic E-state index is 13.7. The molecule has 0 radical (unpaired) electrons. The first-order chi connectivity index (χ1) is 9.08.